The summed E-state index contributed by atoms with van der Waals surface area (Å²) in [5.74, 6) is 0.578. The van der Waals surface area contributed by atoms with Crippen LogP contribution in [0.25, 0.3) is 22.8 Å². The van der Waals surface area contributed by atoms with Gasteiger partial charge < -0.3 is 14.7 Å². The summed E-state index contributed by atoms with van der Waals surface area (Å²) < 4.78 is 5.12. The molecule has 0 fully saturated rings. The number of phenols is 2. The van der Waals surface area contributed by atoms with E-state index < -0.39 is 0 Å². The second-order valence-corrected chi connectivity index (χ2v) is 4.57. The molecule has 3 rings (SSSR count). The van der Waals surface area contributed by atoms with Crippen molar-refractivity contribution in [3.05, 3.63) is 47.5 Å². The first kappa shape index (κ1) is 12.5. The highest BCUT2D eigenvalue weighted by Gasteiger charge is 2.14. The van der Waals surface area contributed by atoms with Crippen molar-refractivity contribution in [2.24, 2.45) is 0 Å². The topological polar surface area (TPSA) is 79.4 Å². The van der Waals surface area contributed by atoms with E-state index in [0.717, 1.165) is 0 Å². The number of aromatic hydroxyl groups is 2. The number of aromatic nitrogens is 2. The lowest BCUT2D eigenvalue weighted by Crippen LogP contribution is -1.82. The number of halogens is 1. The first-order valence-corrected chi connectivity index (χ1v) is 6.13. The van der Waals surface area contributed by atoms with E-state index in [1.54, 1.807) is 30.3 Å². The van der Waals surface area contributed by atoms with E-state index in [1.807, 2.05) is 0 Å². The molecule has 0 saturated heterocycles. The molecule has 0 saturated carbocycles. The Balaban J connectivity index is 2.02. The van der Waals surface area contributed by atoms with Crippen molar-refractivity contribution in [1.29, 1.82) is 0 Å². The van der Waals surface area contributed by atoms with Crippen LogP contribution >= 0.6 is 11.6 Å². The Morgan fingerprint density at radius 1 is 1.05 bits per heavy atom. The molecule has 0 spiro atoms. The molecule has 1 heterocycles. The molecule has 6 heteroatoms. The van der Waals surface area contributed by atoms with Crippen LogP contribution in [0.2, 0.25) is 5.02 Å². The lowest BCUT2D eigenvalue weighted by atomic mass is 10.2. The molecule has 2 aromatic carbocycles. The maximum atomic E-state index is 9.82. The minimum absolute atomic E-state index is 0.0383. The molecule has 5 nitrogen and oxygen atoms in total. The second-order valence-electron chi connectivity index (χ2n) is 4.13. The van der Waals surface area contributed by atoms with E-state index >= 15 is 0 Å². The highest BCUT2D eigenvalue weighted by molar-refractivity contribution is 6.30. The number of nitrogens with zero attached hydrogens (tertiary/aromatic N) is 2. The standard InChI is InChI=1S/C14H9ClN2O3/c15-9-4-5-11(12(19)7-9)14-16-13(17-20-14)8-2-1-3-10(18)6-8/h1-7,18-19H. The van der Waals surface area contributed by atoms with Gasteiger partial charge in [0.05, 0.1) is 5.56 Å². The van der Waals surface area contributed by atoms with Gasteiger partial charge in [0.15, 0.2) is 0 Å². The molecule has 0 bridgehead atoms. The fourth-order valence-electron chi connectivity index (χ4n) is 1.78. The molecule has 0 atom stereocenters. The fourth-order valence-corrected chi connectivity index (χ4v) is 1.95. The van der Waals surface area contributed by atoms with Crippen LogP contribution in [-0.4, -0.2) is 20.4 Å². The molecule has 3 aromatic rings. The lowest BCUT2D eigenvalue weighted by molar-refractivity contribution is 0.425. The van der Waals surface area contributed by atoms with Gasteiger partial charge >= 0.3 is 0 Å². The van der Waals surface area contributed by atoms with Crippen molar-refractivity contribution >= 4 is 11.6 Å². The average molecular weight is 289 g/mol. The Labute approximate surface area is 119 Å². The Bertz CT molecular complexity index is 771. The first-order chi connectivity index (χ1) is 9.63. The summed E-state index contributed by atoms with van der Waals surface area (Å²) in [6.45, 7) is 0. The first-order valence-electron chi connectivity index (χ1n) is 5.75. The zero-order valence-corrected chi connectivity index (χ0v) is 10.9. The summed E-state index contributed by atoms with van der Waals surface area (Å²) in [6, 6.07) is 11.1. The van der Waals surface area contributed by atoms with Crippen molar-refractivity contribution in [2.75, 3.05) is 0 Å². The highest BCUT2D eigenvalue weighted by atomic mass is 35.5. The number of rotatable bonds is 2. The predicted octanol–water partition coefficient (Wildman–Crippen LogP) is 3.47. The Kier molecular flexibility index (Phi) is 3.04. The van der Waals surface area contributed by atoms with E-state index in [0.29, 0.717) is 22.0 Å². The van der Waals surface area contributed by atoms with Crippen molar-refractivity contribution in [3.8, 4) is 34.3 Å². The third-order valence-electron chi connectivity index (χ3n) is 2.72. The summed E-state index contributed by atoms with van der Waals surface area (Å²) in [7, 11) is 0. The summed E-state index contributed by atoms with van der Waals surface area (Å²) >= 11 is 5.77. The van der Waals surface area contributed by atoms with E-state index in [4.69, 9.17) is 16.1 Å². The van der Waals surface area contributed by atoms with Crippen LogP contribution in [0.5, 0.6) is 11.5 Å². The van der Waals surface area contributed by atoms with E-state index in [1.165, 1.54) is 12.1 Å². The Morgan fingerprint density at radius 3 is 2.65 bits per heavy atom. The maximum Gasteiger partial charge on any atom is 0.261 e. The quantitative estimate of drug-likeness (QED) is 0.755. The number of benzene rings is 2. The van der Waals surface area contributed by atoms with Crippen molar-refractivity contribution in [1.82, 2.24) is 10.1 Å². The SMILES string of the molecule is Oc1cccc(-c2noc(-c3ccc(Cl)cc3O)n2)c1. The van der Waals surface area contributed by atoms with Gasteiger partial charge in [0.1, 0.15) is 11.5 Å². The molecule has 100 valence electrons. The van der Waals surface area contributed by atoms with E-state index in [9.17, 15) is 10.2 Å². The molecular weight excluding hydrogens is 280 g/mol. The van der Waals surface area contributed by atoms with Crippen molar-refractivity contribution in [3.63, 3.8) is 0 Å². The Morgan fingerprint density at radius 2 is 1.90 bits per heavy atom. The van der Waals surface area contributed by atoms with Gasteiger partial charge in [0.2, 0.25) is 5.82 Å². The highest BCUT2D eigenvalue weighted by Crippen LogP contribution is 2.31. The molecule has 1 aromatic heterocycles. The van der Waals surface area contributed by atoms with Gasteiger partial charge in [0.25, 0.3) is 5.89 Å². The average Bonchev–Trinajstić information content (AvgIpc) is 2.88. The minimum atomic E-state index is -0.0383. The van der Waals surface area contributed by atoms with Gasteiger partial charge in [-0.2, -0.15) is 4.98 Å². The van der Waals surface area contributed by atoms with Crippen molar-refractivity contribution < 1.29 is 14.7 Å². The molecule has 0 aliphatic carbocycles. The van der Waals surface area contributed by atoms with Crippen LogP contribution in [0.1, 0.15) is 0 Å². The van der Waals surface area contributed by atoms with E-state index in [-0.39, 0.29) is 17.4 Å². The molecular formula is C14H9ClN2O3. The molecule has 2 N–H and O–H groups in total. The summed E-state index contributed by atoms with van der Waals surface area (Å²) in [5, 5.41) is 23.5. The van der Waals surface area contributed by atoms with Crippen LogP contribution in [0.4, 0.5) is 0 Å². The number of hydrogen-bond acceptors (Lipinski definition) is 5. The van der Waals surface area contributed by atoms with Crippen LogP contribution < -0.4 is 0 Å². The molecule has 0 amide bonds. The number of hydrogen-bond donors (Lipinski definition) is 2. The van der Waals surface area contributed by atoms with Crippen molar-refractivity contribution in [2.45, 2.75) is 0 Å². The smallest absolute Gasteiger partial charge is 0.261 e. The van der Waals surface area contributed by atoms with Crippen LogP contribution in [0, 0.1) is 0 Å². The molecule has 0 aliphatic rings. The van der Waals surface area contributed by atoms with E-state index in [2.05, 4.69) is 10.1 Å². The normalized spacial score (nSPS) is 10.7. The van der Waals surface area contributed by atoms with Gasteiger partial charge in [-0.3, -0.25) is 0 Å². The largest absolute Gasteiger partial charge is 0.508 e. The van der Waals surface area contributed by atoms with Gasteiger partial charge in [-0.05, 0) is 30.3 Å². The number of phenolic OH excluding ortho intramolecular Hbond substituents is 2. The van der Waals surface area contributed by atoms with Crippen LogP contribution in [-0.2, 0) is 0 Å². The van der Waals surface area contributed by atoms with Crippen LogP contribution in [0.3, 0.4) is 0 Å². The second kappa shape index (κ2) is 4.86. The van der Waals surface area contributed by atoms with Gasteiger partial charge in [-0.25, -0.2) is 0 Å². The maximum absolute atomic E-state index is 9.82. The summed E-state index contributed by atoms with van der Waals surface area (Å²) in [4.78, 5) is 4.19. The zero-order chi connectivity index (χ0) is 14.1. The molecule has 0 aliphatic heterocycles. The molecule has 0 radical (unpaired) electrons. The molecule has 20 heavy (non-hydrogen) atoms. The zero-order valence-electron chi connectivity index (χ0n) is 10.1. The monoisotopic (exact) mass is 288 g/mol. The summed E-state index contributed by atoms with van der Waals surface area (Å²) in [5.41, 5.74) is 1.02. The van der Waals surface area contributed by atoms with Gasteiger partial charge in [-0.1, -0.05) is 28.9 Å². The lowest BCUT2D eigenvalue weighted by Gasteiger charge is -1.99. The molecule has 0 unspecified atom stereocenters. The third kappa shape index (κ3) is 2.31. The predicted molar refractivity (Wildman–Crippen MR) is 73.5 cm³/mol. The minimum Gasteiger partial charge on any atom is -0.508 e. The summed E-state index contributed by atoms with van der Waals surface area (Å²) in [6.07, 6.45) is 0. The van der Waals surface area contributed by atoms with Gasteiger partial charge in [0, 0.05) is 10.6 Å². The fraction of sp³-hybridized carbons (Fsp3) is 0. The Hall–Kier alpha value is -2.53. The van der Waals surface area contributed by atoms with Crippen LogP contribution in [0.15, 0.2) is 47.0 Å². The van der Waals surface area contributed by atoms with Gasteiger partial charge in [-0.15, -0.1) is 0 Å². The third-order valence-corrected chi connectivity index (χ3v) is 2.96.